The van der Waals surface area contributed by atoms with E-state index in [0.717, 1.165) is 26.4 Å². The Morgan fingerprint density at radius 1 is 1.11 bits per heavy atom. The van der Waals surface area contributed by atoms with E-state index >= 15 is 0 Å². The van der Waals surface area contributed by atoms with Crippen LogP contribution in [0.5, 0.6) is 0 Å². The molecule has 1 unspecified atom stereocenters. The number of ether oxygens (including phenoxy) is 1. The highest BCUT2D eigenvalue weighted by molar-refractivity contribution is 5.87. The van der Waals surface area contributed by atoms with Gasteiger partial charge in [-0.1, -0.05) is 30.3 Å². The quantitative estimate of drug-likeness (QED) is 0.674. The van der Waals surface area contributed by atoms with Crippen LogP contribution in [0, 0.1) is 6.92 Å². The Kier molecular flexibility index (Phi) is 4.94. The van der Waals surface area contributed by atoms with E-state index in [9.17, 15) is 0 Å². The van der Waals surface area contributed by atoms with Gasteiger partial charge in [-0.2, -0.15) is 0 Å². The fourth-order valence-electron chi connectivity index (χ4n) is 4.35. The van der Waals surface area contributed by atoms with Crippen LogP contribution in [0.4, 0.5) is 5.69 Å². The number of methoxy groups -OCH3 is 1. The Morgan fingerprint density at radius 3 is 2.74 bits per heavy atom. The summed E-state index contributed by atoms with van der Waals surface area (Å²) < 4.78 is 7.66. The van der Waals surface area contributed by atoms with E-state index in [1.54, 1.807) is 7.11 Å². The lowest BCUT2D eigenvalue weighted by Gasteiger charge is -2.41. The molecular formula is C23H29N3O. The van der Waals surface area contributed by atoms with Crippen molar-refractivity contribution in [1.29, 1.82) is 0 Å². The van der Waals surface area contributed by atoms with Gasteiger partial charge in [0.2, 0.25) is 0 Å². The highest BCUT2D eigenvalue weighted by Crippen LogP contribution is 2.32. The van der Waals surface area contributed by atoms with Crippen molar-refractivity contribution in [3.63, 3.8) is 0 Å². The van der Waals surface area contributed by atoms with Crippen LogP contribution in [0.3, 0.4) is 0 Å². The molecule has 0 bridgehead atoms. The minimum atomic E-state index is 0.389. The molecule has 0 N–H and O–H groups in total. The average molecular weight is 364 g/mol. The molecule has 3 aromatic rings. The van der Waals surface area contributed by atoms with Gasteiger partial charge in [-0.05, 0) is 42.7 Å². The van der Waals surface area contributed by atoms with E-state index in [1.165, 1.54) is 33.3 Å². The summed E-state index contributed by atoms with van der Waals surface area (Å²) >= 11 is 0. The molecule has 0 radical (unpaired) electrons. The van der Waals surface area contributed by atoms with Crippen molar-refractivity contribution < 1.29 is 4.74 Å². The molecule has 0 saturated heterocycles. The zero-order valence-electron chi connectivity index (χ0n) is 16.8. The van der Waals surface area contributed by atoms with Crippen molar-refractivity contribution in [3.05, 3.63) is 65.4 Å². The van der Waals surface area contributed by atoms with Gasteiger partial charge in [0.1, 0.15) is 0 Å². The normalized spacial score (nSPS) is 15.9. The van der Waals surface area contributed by atoms with E-state index in [1.807, 2.05) is 0 Å². The third kappa shape index (κ3) is 3.35. The maximum Gasteiger partial charge on any atom is 0.0717 e. The number of fused-ring (bicyclic) bond motifs is 2. The van der Waals surface area contributed by atoms with Crippen molar-refractivity contribution >= 4 is 16.6 Å². The summed E-state index contributed by atoms with van der Waals surface area (Å²) in [6, 6.07) is 15.8. The number of aromatic nitrogens is 1. The largest absolute Gasteiger partial charge is 0.383 e. The second-order valence-electron chi connectivity index (χ2n) is 7.75. The Hall–Kier alpha value is -2.30. The van der Waals surface area contributed by atoms with Gasteiger partial charge >= 0.3 is 0 Å². The molecule has 4 rings (SSSR count). The van der Waals surface area contributed by atoms with E-state index in [0.29, 0.717) is 6.04 Å². The number of hydrogen-bond acceptors (Lipinski definition) is 3. The number of aryl methyl sites for hydroxylation is 2. The molecule has 4 heteroatoms. The van der Waals surface area contributed by atoms with Crippen molar-refractivity contribution in [3.8, 4) is 0 Å². The maximum absolute atomic E-state index is 5.41. The van der Waals surface area contributed by atoms with E-state index in [2.05, 4.69) is 83.9 Å². The summed E-state index contributed by atoms with van der Waals surface area (Å²) in [4.78, 5) is 5.01. The zero-order valence-corrected chi connectivity index (χ0v) is 16.8. The number of para-hydroxylation sites is 1. The number of hydrogen-bond donors (Lipinski definition) is 0. The molecule has 0 aliphatic carbocycles. The molecular weight excluding hydrogens is 334 g/mol. The highest BCUT2D eigenvalue weighted by Gasteiger charge is 2.26. The third-order valence-electron chi connectivity index (χ3n) is 5.75. The molecule has 0 spiro atoms. The minimum Gasteiger partial charge on any atom is -0.383 e. The minimum absolute atomic E-state index is 0.389. The van der Waals surface area contributed by atoms with Crippen molar-refractivity contribution in [1.82, 2.24) is 9.47 Å². The number of anilines is 1. The lowest BCUT2D eigenvalue weighted by Crippen LogP contribution is -2.47. The molecule has 1 atom stereocenters. The van der Waals surface area contributed by atoms with E-state index in [-0.39, 0.29) is 0 Å². The van der Waals surface area contributed by atoms with Crippen LogP contribution in [0.2, 0.25) is 0 Å². The predicted molar refractivity (Wildman–Crippen MR) is 112 cm³/mol. The Morgan fingerprint density at radius 2 is 1.93 bits per heavy atom. The molecule has 2 aromatic carbocycles. The van der Waals surface area contributed by atoms with Gasteiger partial charge in [0, 0.05) is 56.1 Å². The molecule has 0 saturated carbocycles. The Bertz CT molecular complexity index is 946. The number of benzene rings is 2. The van der Waals surface area contributed by atoms with Gasteiger partial charge in [-0.15, -0.1) is 0 Å². The summed E-state index contributed by atoms with van der Waals surface area (Å²) in [5.41, 5.74) is 6.78. The first-order chi connectivity index (χ1) is 13.1. The molecule has 142 valence electrons. The topological polar surface area (TPSA) is 20.6 Å². The summed E-state index contributed by atoms with van der Waals surface area (Å²) in [6.45, 7) is 8.02. The van der Waals surface area contributed by atoms with Crippen LogP contribution in [0.25, 0.3) is 10.9 Å². The standard InChI is InChI=1S/C23H29N3O/c1-17-8-7-11-22-23(17)20(12-24(22)3)14-26-16-25(18(2)15-27-4)13-19-9-5-6-10-21(19)26/h5-12,18H,13-16H2,1-4H3. The lowest BCUT2D eigenvalue weighted by molar-refractivity contribution is 0.0905. The zero-order chi connectivity index (χ0) is 19.0. The molecule has 0 amide bonds. The maximum atomic E-state index is 5.41. The summed E-state index contributed by atoms with van der Waals surface area (Å²) in [6.07, 6.45) is 2.29. The summed E-state index contributed by atoms with van der Waals surface area (Å²) in [5.74, 6) is 0. The molecule has 0 fully saturated rings. The van der Waals surface area contributed by atoms with Crippen LogP contribution in [0.15, 0.2) is 48.7 Å². The molecule has 1 aliphatic rings. The fourth-order valence-corrected chi connectivity index (χ4v) is 4.35. The molecule has 1 aliphatic heterocycles. The smallest absolute Gasteiger partial charge is 0.0717 e. The predicted octanol–water partition coefficient (Wildman–Crippen LogP) is 4.30. The van der Waals surface area contributed by atoms with Crippen LogP contribution in [-0.2, 0) is 24.9 Å². The summed E-state index contributed by atoms with van der Waals surface area (Å²) in [5, 5.41) is 1.39. The molecule has 2 heterocycles. The third-order valence-corrected chi connectivity index (χ3v) is 5.75. The van der Waals surface area contributed by atoms with Gasteiger partial charge in [-0.25, -0.2) is 0 Å². The van der Waals surface area contributed by atoms with E-state index in [4.69, 9.17) is 4.74 Å². The SMILES string of the molecule is COCC(C)N1Cc2ccccc2N(Cc2cn(C)c3cccc(C)c23)C1. The first kappa shape index (κ1) is 18.1. The first-order valence-electron chi connectivity index (χ1n) is 9.68. The average Bonchev–Trinajstić information content (AvgIpc) is 2.99. The van der Waals surface area contributed by atoms with Crippen LogP contribution in [-0.4, -0.2) is 35.9 Å². The second kappa shape index (κ2) is 7.37. The lowest BCUT2D eigenvalue weighted by atomic mass is 10.0. The fraction of sp³-hybridized carbons (Fsp3) is 0.391. The van der Waals surface area contributed by atoms with Crippen molar-refractivity contribution in [2.24, 2.45) is 7.05 Å². The molecule has 1 aromatic heterocycles. The van der Waals surface area contributed by atoms with Gasteiger partial charge in [0.05, 0.1) is 13.3 Å². The Balaban J connectivity index is 1.70. The second-order valence-corrected chi connectivity index (χ2v) is 7.75. The van der Waals surface area contributed by atoms with Crippen LogP contribution >= 0.6 is 0 Å². The van der Waals surface area contributed by atoms with Gasteiger partial charge < -0.3 is 14.2 Å². The Labute approximate surface area is 162 Å². The van der Waals surface area contributed by atoms with Crippen LogP contribution < -0.4 is 4.90 Å². The van der Waals surface area contributed by atoms with Gasteiger partial charge in [-0.3, -0.25) is 4.90 Å². The monoisotopic (exact) mass is 363 g/mol. The van der Waals surface area contributed by atoms with Gasteiger partial charge in [0.15, 0.2) is 0 Å². The van der Waals surface area contributed by atoms with Crippen molar-refractivity contribution in [2.75, 3.05) is 25.3 Å². The van der Waals surface area contributed by atoms with Crippen LogP contribution in [0.1, 0.15) is 23.6 Å². The van der Waals surface area contributed by atoms with Gasteiger partial charge in [0.25, 0.3) is 0 Å². The number of rotatable bonds is 5. The van der Waals surface area contributed by atoms with Crippen molar-refractivity contribution in [2.45, 2.75) is 33.0 Å². The molecule has 4 nitrogen and oxygen atoms in total. The summed E-state index contributed by atoms with van der Waals surface area (Å²) in [7, 11) is 3.92. The molecule has 27 heavy (non-hydrogen) atoms. The van der Waals surface area contributed by atoms with E-state index < -0.39 is 0 Å². The first-order valence-corrected chi connectivity index (χ1v) is 9.68. The number of nitrogens with zero attached hydrogens (tertiary/aromatic N) is 3. The highest BCUT2D eigenvalue weighted by atomic mass is 16.5.